The molecule has 1 aliphatic rings. The molecule has 0 saturated carbocycles. The van der Waals surface area contributed by atoms with Crippen molar-refractivity contribution in [1.82, 2.24) is 24.2 Å². The molecular formula is C20H19N5OS. The highest BCUT2D eigenvalue weighted by Gasteiger charge is 2.30. The number of hydrogen-bond donors (Lipinski definition) is 0. The second kappa shape index (κ2) is 6.35. The molecule has 0 spiro atoms. The van der Waals surface area contributed by atoms with Gasteiger partial charge >= 0.3 is 0 Å². The summed E-state index contributed by atoms with van der Waals surface area (Å²) < 4.78 is 3.89. The Balaban J connectivity index is 1.38. The van der Waals surface area contributed by atoms with E-state index in [1.807, 2.05) is 60.1 Å². The van der Waals surface area contributed by atoms with Crippen molar-refractivity contribution in [2.75, 3.05) is 13.1 Å². The molecule has 5 rings (SSSR count). The van der Waals surface area contributed by atoms with Crippen molar-refractivity contribution in [1.29, 1.82) is 0 Å². The summed E-state index contributed by atoms with van der Waals surface area (Å²) in [6, 6.07) is 14.3. The largest absolute Gasteiger partial charge is 0.335 e. The maximum Gasteiger partial charge on any atom is 0.272 e. The summed E-state index contributed by atoms with van der Waals surface area (Å²) in [6.45, 7) is 1.44. The zero-order valence-corrected chi connectivity index (χ0v) is 15.8. The second-order valence-corrected chi connectivity index (χ2v) is 7.80. The van der Waals surface area contributed by atoms with Gasteiger partial charge in [-0.2, -0.15) is 5.10 Å². The van der Waals surface area contributed by atoms with Crippen LogP contribution in [0, 0.1) is 0 Å². The van der Waals surface area contributed by atoms with Crippen LogP contribution in [0.3, 0.4) is 0 Å². The summed E-state index contributed by atoms with van der Waals surface area (Å²) in [7, 11) is 1.83. The van der Waals surface area contributed by atoms with Gasteiger partial charge in [-0.3, -0.25) is 9.48 Å². The molecule has 4 heterocycles. The van der Waals surface area contributed by atoms with Crippen LogP contribution in [-0.4, -0.2) is 43.2 Å². The van der Waals surface area contributed by atoms with Crippen molar-refractivity contribution in [2.24, 2.45) is 7.05 Å². The Labute approximate surface area is 160 Å². The molecule has 7 heteroatoms. The Hall–Kier alpha value is -2.93. The number of benzene rings is 1. The van der Waals surface area contributed by atoms with Gasteiger partial charge in [-0.05, 0) is 36.1 Å². The molecule has 1 atom stereocenters. The number of carbonyl (C=O) groups is 1. The van der Waals surface area contributed by atoms with Crippen LogP contribution in [0.25, 0.3) is 21.6 Å². The highest BCUT2D eigenvalue weighted by atomic mass is 32.1. The Morgan fingerprint density at radius 2 is 2.11 bits per heavy atom. The lowest BCUT2D eigenvalue weighted by atomic mass is 10.2. The van der Waals surface area contributed by atoms with Crippen LogP contribution in [0.4, 0.5) is 0 Å². The van der Waals surface area contributed by atoms with Crippen LogP contribution in [0.1, 0.15) is 23.0 Å². The SMILES string of the molecule is Cn1nc(-c2cccs2)cc1C(=O)N1CC[C@@H](n2cnc3ccccc32)C1. The summed E-state index contributed by atoms with van der Waals surface area (Å²) in [5.41, 5.74) is 3.61. The molecule has 1 aliphatic heterocycles. The number of aryl methyl sites for hydroxylation is 1. The van der Waals surface area contributed by atoms with Crippen LogP contribution < -0.4 is 0 Å². The van der Waals surface area contributed by atoms with Crippen LogP contribution in [0.5, 0.6) is 0 Å². The Morgan fingerprint density at radius 1 is 1.22 bits per heavy atom. The Kier molecular flexibility index (Phi) is 3.82. The minimum absolute atomic E-state index is 0.0414. The van der Waals surface area contributed by atoms with Crippen LogP contribution in [0.15, 0.2) is 54.2 Å². The van der Waals surface area contributed by atoms with E-state index in [-0.39, 0.29) is 11.9 Å². The van der Waals surface area contributed by atoms with Gasteiger partial charge in [0.2, 0.25) is 0 Å². The van der Waals surface area contributed by atoms with Crippen molar-refractivity contribution < 1.29 is 4.79 Å². The summed E-state index contributed by atoms with van der Waals surface area (Å²) in [6.07, 6.45) is 2.82. The van der Waals surface area contributed by atoms with Gasteiger partial charge in [0.05, 0.1) is 28.3 Å². The summed E-state index contributed by atoms with van der Waals surface area (Å²) in [4.78, 5) is 20.6. The van der Waals surface area contributed by atoms with E-state index in [2.05, 4.69) is 20.7 Å². The number of nitrogens with zero attached hydrogens (tertiary/aromatic N) is 5. The topological polar surface area (TPSA) is 56.0 Å². The van der Waals surface area contributed by atoms with E-state index in [1.54, 1.807) is 16.0 Å². The third-order valence-electron chi connectivity index (χ3n) is 5.20. The first-order valence-electron chi connectivity index (χ1n) is 8.99. The molecule has 0 unspecified atom stereocenters. The number of amides is 1. The highest BCUT2D eigenvalue weighted by molar-refractivity contribution is 7.13. The van der Waals surface area contributed by atoms with E-state index < -0.39 is 0 Å². The lowest BCUT2D eigenvalue weighted by molar-refractivity contribution is 0.0777. The predicted octanol–water partition coefficient (Wildman–Crippen LogP) is 3.59. The standard InChI is InChI=1S/C20H19N5OS/c1-23-18(11-16(22-23)19-7-4-10-27-19)20(26)24-9-8-14(12-24)25-13-21-15-5-2-3-6-17(15)25/h2-7,10-11,13-14H,8-9,12H2,1H3/t14-/m1/s1. The molecule has 4 aromatic rings. The number of carbonyl (C=O) groups excluding carboxylic acids is 1. The van der Waals surface area contributed by atoms with Gasteiger partial charge in [-0.1, -0.05) is 18.2 Å². The molecule has 0 aliphatic carbocycles. The molecular weight excluding hydrogens is 358 g/mol. The fourth-order valence-corrected chi connectivity index (χ4v) is 4.48. The van der Waals surface area contributed by atoms with E-state index in [1.165, 1.54) is 0 Å². The second-order valence-electron chi connectivity index (χ2n) is 6.85. The van der Waals surface area contributed by atoms with Crippen LogP contribution >= 0.6 is 11.3 Å². The minimum Gasteiger partial charge on any atom is -0.335 e. The molecule has 1 fully saturated rings. The number of thiophene rings is 1. The number of fused-ring (bicyclic) bond motifs is 1. The van der Waals surface area contributed by atoms with Gasteiger partial charge in [-0.25, -0.2) is 4.98 Å². The number of rotatable bonds is 3. The van der Waals surface area contributed by atoms with E-state index in [0.29, 0.717) is 12.2 Å². The average Bonchev–Trinajstić information content (AvgIpc) is 3.45. The first-order chi connectivity index (χ1) is 13.2. The van der Waals surface area contributed by atoms with E-state index in [4.69, 9.17) is 0 Å². The molecule has 0 N–H and O–H groups in total. The maximum absolute atomic E-state index is 13.1. The molecule has 0 radical (unpaired) electrons. The molecule has 0 bridgehead atoms. The van der Waals surface area contributed by atoms with Crippen molar-refractivity contribution in [2.45, 2.75) is 12.5 Å². The minimum atomic E-state index is 0.0414. The molecule has 3 aromatic heterocycles. The van der Waals surface area contributed by atoms with Crippen molar-refractivity contribution in [3.63, 3.8) is 0 Å². The molecule has 27 heavy (non-hydrogen) atoms. The van der Waals surface area contributed by atoms with Crippen molar-refractivity contribution >= 4 is 28.3 Å². The smallest absolute Gasteiger partial charge is 0.272 e. The lowest BCUT2D eigenvalue weighted by Crippen LogP contribution is -2.30. The average molecular weight is 377 g/mol. The number of para-hydroxylation sites is 2. The molecule has 6 nitrogen and oxygen atoms in total. The quantitative estimate of drug-likeness (QED) is 0.548. The summed E-state index contributed by atoms with van der Waals surface area (Å²) >= 11 is 1.63. The fourth-order valence-electron chi connectivity index (χ4n) is 3.80. The van der Waals surface area contributed by atoms with Gasteiger partial charge in [-0.15, -0.1) is 11.3 Å². The number of hydrogen-bond acceptors (Lipinski definition) is 4. The number of aromatic nitrogens is 4. The molecule has 1 saturated heterocycles. The van der Waals surface area contributed by atoms with E-state index >= 15 is 0 Å². The maximum atomic E-state index is 13.1. The third kappa shape index (κ3) is 2.75. The first-order valence-corrected chi connectivity index (χ1v) is 9.87. The van der Waals surface area contributed by atoms with Gasteiger partial charge in [0.1, 0.15) is 11.4 Å². The molecule has 136 valence electrons. The van der Waals surface area contributed by atoms with Crippen molar-refractivity contribution in [3.05, 3.63) is 59.9 Å². The lowest BCUT2D eigenvalue weighted by Gasteiger charge is -2.17. The zero-order chi connectivity index (χ0) is 18.4. The fraction of sp³-hybridized carbons (Fsp3) is 0.250. The Morgan fingerprint density at radius 3 is 2.96 bits per heavy atom. The van der Waals surface area contributed by atoms with Gasteiger partial charge < -0.3 is 9.47 Å². The van der Waals surface area contributed by atoms with Crippen LogP contribution in [0.2, 0.25) is 0 Å². The monoisotopic (exact) mass is 377 g/mol. The van der Waals surface area contributed by atoms with E-state index in [0.717, 1.165) is 34.6 Å². The highest BCUT2D eigenvalue weighted by Crippen LogP contribution is 2.28. The van der Waals surface area contributed by atoms with Gasteiger partial charge in [0.25, 0.3) is 5.91 Å². The number of likely N-dealkylation sites (tertiary alicyclic amines) is 1. The molecule has 1 amide bonds. The third-order valence-corrected chi connectivity index (χ3v) is 6.09. The summed E-state index contributed by atoms with van der Waals surface area (Å²) in [5.74, 6) is 0.0414. The van der Waals surface area contributed by atoms with Crippen molar-refractivity contribution in [3.8, 4) is 10.6 Å². The number of imidazole rings is 1. The van der Waals surface area contributed by atoms with Gasteiger partial charge in [0, 0.05) is 20.1 Å². The predicted molar refractivity (Wildman–Crippen MR) is 106 cm³/mol. The molecule has 1 aromatic carbocycles. The Bertz CT molecular complexity index is 1110. The normalized spacial score (nSPS) is 17.1. The van der Waals surface area contributed by atoms with Crippen LogP contribution in [-0.2, 0) is 7.05 Å². The van der Waals surface area contributed by atoms with E-state index in [9.17, 15) is 4.79 Å². The first kappa shape index (κ1) is 16.3. The zero-order valence-electron chi connectivity index (χ0n) is 14.9. The summed E-state index contributed by atoms with van der Waals surface area (Å²) in [5, 5.41) is 6.54. The van der Waals surface area contributed by atoms with Gasteiger partial charge in [0.15, 0.2) is 0 Å².